The SMILES string of the molecule is COCCC(C)(C)CNc1cn[nH]c(=O)c1. The summed E-state index contributed by atoms with van der Waals surface area (Å²) in [4.78, 5) is 11.0. The van der Waals surface area contributed by atoms with E-state index < -0.39 is 0 Å². The van der Waals surface area contributed by atoms with E-state index in [0.29, 0.717) is 0 Å². The van der Waals surface area contributed by atoms with Crippen LogP contribution in [0.3, 0.4) is 0 Å². The summed E-state index contributed by atoms with van der Waals surface area (Å²) in [6.45, 7) is 5.82. The molecule has 1 rings (SSSR count). The van der Waals surface area contributed by atoms with Crippen molar-refractivity contribution in [2.75, 3.05) is 25.6 Å². The van der Waals surface area contributed by atoms with Crippen molar-refractivity contribution < 1.29 is 4.74 Å². The lowest BCUT2D eigenvalue weighted by atomic mass is 9.89. The average Bonchev–Trinajstić information content (AvgIpc) is 2.24. The Morgan fingerprint density at radius 3 is 2.94 bits per heavy atom. The number of methoxy groups -OCH3 is 1. The molecule has 0 amide bonds. The second-order valence-electron chi connectivity index (χ2n) is 4.59. The molecule has 0 radical (unpaired) electrons. The van der Waals surface area contributed by atoms with Crippen molar-refractivity contribution in [3.8, 4) is 0 Å². The highest BCUT2D eigenvalue weighted by Gasteiger charge is 2.17. The summed E-state index contributed by atoms with van der Waals surface area (Å²) in [5.41, 5.74) is 0.674. The molecule has 0 unspecified atom stereocenters. The quantitative estimate of drug-likeness (QED) is 0.764. The number of anilines is 1. The molecule has 90 valence electrons. The molecule has 0 aliphatic heterocycles. The number of aromatic amines is 1. The minimum atomic E-state index is -0.195. The van der Waals surface area contributed by atoms with Gasteiger partial charge in [0.15, 0.2) is 0 Å². The highest BCUT2D eigenvalue weighted by Crippen LogP contribution is 2.20. The fourth-order valence-corrected chi connectivity index (χ4v) is 1.28. The molecule has 2 N–H and O–H groups in total. The van der Waals surface area contributed by atoms with Crippen molar-refractivity contribution in [3.05, 3.63) is 22.6 Å². The predicted molar refractivity (Wildman–Crippen MR) is 63.6 cm³/mol. The first-order valence-corrected chi connectivity index (χ1v) is 5.31. The first kappa shape index (κ1) is 12.7. The molecule has 0 bridgehead atoms. The zero-order valence-electron chi connectivity index (χ0n) is 10.0. The van der Waals surface area contributed by atoms with Crippen LogP contribution in [0.5, 0.6) is 0 Å². The molecule has 0 aliphatic rings. The number of nitrogens with one attached hydrogen (secondary N) is 2. The lowest BCUT2D eigenvalue weighted by Crippen LogP contribution is -2.25. The predicted octanol–water partition coefficient (Wildman–Crippen LogP) is 1.24. The lowest BCUT2D eigenvalue weighted by molar-refractivity contribution is 0.157. The molecule has 0 spiro atoms. The van der Waals surface area contributed by atoms with E-state index in [-0.39, 0.29) is 11.0 Å². The van der Waals surface area contributed by atoms with Gasteiger partial charge in [-0.25, -0.2) is 5.10 Å². The summed E-state index contributed by atoms with van der Waals surface area (Å²) in [6, 6.07) is 1.50. The Hall–Kier alpha value is -1.36. The minimum absolute atomic E-state index is 0.124. The molecule has 0 saturated heterocycles. The van der Waals surface area contributed by atoms with Crippen molar-refractivity contribution >= 4 is 5.69 Å². The lowest BCUT2D eigenvalue weighted by Gasteiger charge is -2.24. The van der Waals surface area contributed by atoms with Crippen LogP contribution in [0.25, 0.3) is 0 Å². The standard InChI is InChI=1S/C11H19N3O2/c1-11(2,4-5-16-3)8-12-9-6-10(15)14-13-7-9/h6-7H,4-5,8H2,1-3H3,(H2,12,14,15). The van der Waals surface area contributed by atoms with E-state index in [1.807, 2.05) is 0 Å². The van der Waals surface area contributed by atoms with Gasteiger partial charge in [0.2, 0.25) is 0 Å². The van der Waals surface area contributed by atoms with Crippen LogP contribution in [0.2, 0.25) is 0 Å². The number of ether oxygens (including phenoxy) is 1. The van der Waals surface area contributed by atoms with Gasteiger partial charge >= 0.3 is 0 Å². The molecular formula is C11H19N3O2. The van der Waals surface area contributed by atoms with E-state index in [1.54, 1.807) is 13.3 Å². The maximum Gasteiger partial charge on any atom is 0.266 e. The maximum absolute atomic E-state index is 11.0. The second-order valence-corrected chi connectivity index (χ2v) is 4.59. The van der Waals surface area contributed by atoms with Crippen LogP contribution in [0.4, 0.5) is 5.69 Å². The third-order valence-corrected chi connectivity index (χ3v) is 2.42. The second kappa shape index (κ2) is 5.65. The Bertz CT molecular complexity index is 373. The zero-order valence-corrected chi connectivity index (χ0v) is 10.0. The van der Waals surface area contributed by atoms with Crippen LogP contribution < -0.4 is 10.9 Å². The van der Waals surface area contributed by atoms with Gasteiger partial charge in [-0.05, 0) is 11.8 Å². The van der Waals surface area contributed by atoms with Crippen molar-refractivity contribution in [2.45, 2.75) is 20.3 Å². The monoisotopic (exact) mass is 225 g/mol. The Morgan fingerprint density at radius 1 is 1.56 bits per heavy atom. The fourth-order valence-electron chi connectivity index (χ4n) is 1.28. The van der Waals surface area contributed by atoms with Gasteiger partial charge in [0.05, 0.1) is 11.9 Å². The topological polar surface area (TPSA) is 67.0 Å². The maximum atomic E-state index is 11.0. The van der Waals surface area contributed by atoms with Gasteiger partial charge in [-0.15, -0.1) is 0 Å². The Labute approximate surface area is 95.2 Å². The van der Waals surface area contributed by atoms with Crippen LogP contribution in [0, 0.1) is 5.41 Å². The molecule has 5 heteroatoms. The zero-order chi connectivity index (χ0) is 12.0. The first-order chi connectivity index (χ1) is 7.53. The van der Waals surface area contributed by atoms with Gasteiger partial charge < -0.3 is 10.1 Å². The molecular weight excluding hydrogens is 206 g/mol. The third-order valence-electron chi connectivity index (χ3n) is 2.42. The van der Waals surface area contributed by atoms with E-state index in [4.69, 9.17) is 4.74 Å². The molecule has 1 aromatic heterocycles. The molecule has 0 saturated carbocycles. The van der Waals surface area contributed by atoms with Crippen LogP contribution in [0.15, 0.2) is 17.1 Å². The normalized spacial score (nSPS) is 11.4. The van der Waals surface area contributed by atoms with Crippen molar-refractivity contribution in [1.82, 2.24) is 10.2 Å². The van der Waals surface area contributed by atoms with Crippen LogP contribution in [-0.4, -0.2) is 30.5 Å². The molecule has 16 heavy (non-hydrogen) atoms. The van der Waals surface area contributed by atoms with E-state index in [1.165, 1.54) is 6.07 Å². The molecule has 5 nitrogen and oxygen atoms in total. The summed E-state index contributed by atoms with van der Waals surface area (Å²) in [7, 11) is 1.70. The highest BCUT2D eigenvalue weighted by molar-refractivity contribution is 5.38. The van der Waals surface area contributed by atoms with Crippen LogP contribution in [0.1, 0.15) is 20.3 Å². The number of hydrogen-bond donors (Lipinski definition) is 2. The van der Waals surface area contributed by atoms with Crippen LogP contribution in [-0.2, 0) is 4.74 Å². The van der Waals surface area contributed by atoms with E-state index in [2.05, 4.69) is 29.4 Å². The van der Waals surface area contributed by atoms with Gasteiger partial charge in [0.1, 0.15) is 0 Å². The van der Waals surface area contributed by atoms with Gasteiger partial charge in [0.25, 0.3) is 5.56 Å². The summed E-state index contributed by atoms with van der Waals surface area (Å²) < 4.78 is 5.05. The number of hydrogen-bond acceptors (Lipinski definition) is 4. The number of aromatic nitrogens is 2. The van der Waals surface area contributed by atoms with Crippen LogP contribution >= 0.6 is 0 Å². The Balaban J connectivity index is 2.47. The van der Waals surface area contributed by atoms with Gasteiger partial charge in [-0.1, -0.05) is 13.8 Å². The van der Waals surface area contributed by atoms with Crippen molar-refractivity contribution in [1.29, 1.82) is 0 Å². The molecule has 1 aromatic rings. The first-order valence-electron chi connectivity index (χ1n) is 5.31. The molecule has 1 heterocycles. The minimum Gasteiger partial charge on any atom is -0.385 e. The molecule has 0 aromatic carbocycles. The summed E-state index contributed by atoms with van der Waals surface area (Å²) in [5.74, 6) is 0. The molecule has 0 atom stereocenters. The van der Waals surface area contributed by atoms with E-state index in [0.717, 1.165) is 25.3 Å². The summed E-state index contributed by atoms with van der Waals surface area (Å²) >= 11 is 0. The Morgan fingerprint density at radius 2 is 2.31 bits per heavy atom. The van der Waals surface area contributed by atoms with E-state index in [9.17, 15) is 4.79 Å². The van der Waals surface area contributed by atoms with Gasteiger partial charge in [0, 0.05) is 26.3 Å². The number of rotatable bonds is 6. The number of nitrogens with zero attached hydrogens (tertiary/aromatic N) is 1. The largest absolute Gasteiger partial charge is 0.385 e. The smallest absolute Gasteiger partial charge is 0.266 e. The van der Waals surface area contributed by atoms with E-state index >= 15 is 0 Å². The molecule has 0 aliphatic carbocycles. The van der Waals surface area contributed by atoms with Crippen molar-refractivity contribution in [3.63, 3.8) is 0 Å². The van der Waals surface area contributed by atoms with Gasteiger partial charge in [-0.2, -0.15) is 5.10 Å². The molecule has 0 fully saturated rings. The summed E-state index contributed by atoms with van der Waals surface area (Å²) in [6.07, 6.45) is 2.57. The third kappa shape index (κ3) is 4.44. The summed E-state index contributed by atoms with van der Waals surface area (Å²) in [5, 5.41) is 9.26. The van der Waals surface area contributed by atoms with Crippen molar-refractivity contribution in [2.24, 2.45) is 5.41 Å². The fraction of sp³-hybridized carbons (Fsp3) is 0.636. The Kier molecular flexibility index (Phi) is 4.49. The highest BCUT2D eigenvalue weighted by atomic mass is 16.5. The number of H-pyrrole nitrogens is 1. The van der Waals surface area contributed by atoms with Gasteiger partial charge in [-0.3, -0.25) is 4.79 Å². The average molecular weight is 225 g/mol.